The van der Waals surface area contributed by atoms with Gasteiger partial charge in [-0.2, -0.15) is 0 Å². The number of aryl methyl sites for hydroxylation is 1. The third kappa shape index (κ3) is 3.51. The smallest absolute Gasteiger partial charge is 0.0790 e. The van der Waals surface area contributed by atoms with E-state index in [9.17, 15) is 5.11 Å². The molecule has 0 saturated carbocycles. The van der Waals surface area contributed by atoms with E-state index in [1.165, 1.54) is 18.4 Å². The maximum absolute atomic E-state index is 9.84. The first-order valence-electron chi connectivity index (χ1n) is 5.48. The van der Waals surface area contributed by atoms with Gasteiger partial charge in [-0.05, 0) is 18.9 Å². The quantitative estimate of drug-likeness (QED) is 0.707. The predicted molar refractivity (Wildman–Crippen MR) is 60.3 cm³/mol. The van der Waals surface area contributed by atoms with Crippen LogP contribution >= 0.6 is 0 Å². The highest BCUT2D eigenvalue weighted by Gasteiger charge is 2.05. The summed E-state index contributed by atoms with van der Waals surface area (Å²) in [6.07, 6.45) is 4.15. The van der Waals surface area contributed by atoms with E-state index < -0.39 is 0 Å². The third-order valence-electron chi connectivity index (χ3n) is 2.54. The van der Waals surface area contributed by atoms with Gasteiger partial charge in [0.1, 0.15) is 0 Å². The molecule has 78 valence electrons. The standard InChI is InChI=1S/C13H20O/c1-3-4-5-6-13(14)12-9-7-11(2)8-10-12/h7-10,13-14H,3-6H2,1-2H3/t13-/m1/s1. The van der Waals surface area contributed by atoms with Crippen molar-refractivity contribution in [2.45, 2.75) is 45.6 Å². The molecule has 1 N–H and O–H groups in total. The van der Waals surface area contributed by atoms with Crippen LogP contribution in [0.3, 0.4) is 0 Å². The van der Waals surface area contributed by atoms with E-state index in [0.29, 0.717) is 0 Å². The van der Waals surface area contributed by atoms with Gasteiger partial charge in [0.15, 0.2) is 0 Å². The lowest BCUT2D eigenvalue weighted by Crippen LogP contribution is -1.97. The van der Waals surface area contributed by atoms with E-state index >= 15 is 0 Å². The zero-order chi connectivity index (χ0) is 10.4. The molecule has 0 spiro atoms. The zero-order valence-corrected chi connectivity index (χ0v) is 9.16. The number of hydrogen-bond acceptors (Lipinski definition) is 1. The van der Waals surface area contributed by atoms with Crippen molar-refractivity contribution in [1.29, 1.82) is 0 Å². The SMILES string of the molecule is CCCCC[C@@H](O)c1ccc(C)cc1. The van der Waals surface area contributed by atoms with Crippen molar-refractivity contribution in [3.05, 3.63) is 35.4 Å². The Labute approximate surface area is 86.8 Å². The first-order chi connectivity index (χ1) is 6.74. The van der Waals surface area contributed by atoms with Gasteiger partial charge in [0, 0.05) is 0 Å². The summed E-state index contributed by atoms with van der Waals surface area (Å²) in [6.45, 7) is 4.24. The Morgan fingerprint density at radius 2 is 1.79 bits per heavy atom. The molecule has 0 aliphatic rings. The van der Waals surface area contributed by atoms with E-state index in [-0.39, 0.29) is 6.10 Å². The molecule has 0 fully saturated rings. The average Bonchev–Trinajstić information content (AvgIpc) is 2.19. The molecule has 0 unspecified atom stereocenters. The summed E-state index contributed by atoms with van der Waals surface area (Å²) in [7, 11) is 0. The van der Waals surface area contributed by atoms with Crippen LogP contribution in [0.2, 0.25) is 0 Å². The van der Waals surface area contributed by atoms with Gasteiger partial charge in [0.05, 0.1) is 6.10 Å². The first-order valence-corrected chi connectivity index (χ1v) is 5.48. The number of hydrogen-bond donors (Lipinski definition) is 1. The summed E-state index contributed by atoms with van der Waals surface area (Å²) in [5.74, 6) is 0. The normalized spacial score (nSPS) is 12.8. The van der Waals surface area contributed by atoms with Crippen LogP contribution < -0.4 is 0 Å². The molecule has 1 rings (SSSR count). The summed E-state index contributed by atoms with van der Waals surface area (Å²) in [4.78, 5) is 0. The summed E-state index contributed by atoms with van der Waals surface area (Å²) < 4.78 is 0. The van der Waals surface area contributed by atoms with E-state index in [2.05, 4.69) is 26.0 Å². The molecule has 0 radical (unpaired) electrons. The van der Waals surface area contributed by atoms with Crippen LogP contribution in [0.15, 0.2) is 24.3 Å². The molecular formula is C13H20O. The highest BCUT2D eigenvalue weighted by atomic mass is 16.3. The van der Waals surface area contributed by atoms with Gasteiger partial charge in [-0.1, -0.05) is 56.0 Å². The summed E-state index contributed by atoms with van der Waals surface area (Å²) >= 11 is 0. The van der Waals surface area contributed by atoms with Gasteiger partial charge in [0.25, 0.3) is 0 Å². The lowest BCUT2D eigenvalue weighted by atomic mass is 10.0. The third-order valence-corrected chi connectivity index (χ3v) is 2.54. The summed E-state index contributed by atoms with van der Waals surface area (Å²) in [6, 6.07) is 8.15. The minimum atomic E-state index is -0.276. The fraction of sp³-hybridized carbons (Fsp3) is 0.538. The maximum Gasteiger partial charge on any atom is 0.0790 e. The molecule has 0 aliphatic carbocycles. The average molecular weight is 192 g/mol. The number of aliphatic hydroxyl groups is 1. The maximum atomic E-state index is 9.84. The van der Waals surface area contributed by atoms with Gasteiger partial charge in [0.2, 0.25) is 0 Å². The van der Waals surface area contributed by atoms with E-state index in [0.717, 1.165) is 18.4 Å². The minimum absolute atomic E-state index is 0.276. The van der Waals surface area contributed by atoms with Gasteiger partial charge >= 0.3 is 0 Å². The number of aliphatic hydroxyl groups excluding tert-OH is 1. The highest BCUT2D eigenvalue weighted by Crippen LogP contribution is 2.19. The van der Waals surface area contributed by atoms with E-state index in [1.54, 1.807) is 0 Å². The van der Waals surface area contributed by atoms with Gasteiger partial charge < -0.3 is 5.11 Å². The Kier molecular flexibility index (Phi) is 4.68. The van der Waals surface area contributed by atoms with Crippen LogP contribution in [0.5, 0.6) is 0 Å². The molecule has 0 saturated heterocycles. The minimum Gasteiger partial charge on any atom is -0.388 e. The summed E-state index contributed by atoms with van der Waals surface area (Å²) in [5, 5.41) is 9.84. The molecule has 0 aliphatic heterocycles. The van der Waals surface area contributed by atoms with Crippen molar-refractivity contribution in [3.63, 3.8) is 0 Å². The lowest BCUT2D eigenvalue weighted by molar-refractivity contribution is 0.163. The Hall–Kier alpha value is -0.820. The Morgan fingerprint density at radius 1 is 1.14 bits per heavy atom. The topological polar surface area (TPSA) is 20.2 Å². The summed E-state index contributed by atoms with van der Waals surface area (Å²) in [5.41, 5.74) is 2.29. The van der Waals surface area contributed by atoms with E-state index in [4.69, 9.17) is 0 Å². The lowest BCUT2D eigenvalue weighted by Gasteiger charge is -2.10. The molecule has 1 nitrogen and oxygen atoms in total. The highest BCUT2D eigenvalue weighted by molar-refractivity contribution is 5.22. The van der Waals surface area contributed by atoms with Crippen LogP contribution in [0.4, 0.5) is 0 Å². The molecule has 1 aromatic carbocycles. The van der Waals surface area contributed by atoms with Crippen LogP contribution in [-0.4, -0.2) is 5.11 Å². The van der Waals surface area contributed by atoms with Crippen molar-refractivity contribution in [2.24, 2.45) is 0 Å². The monoisotopic (exact) mass is 192 g/mol. The Balaban J connectivity index is 2.43. The molecule has 0 bridgehead atoms. The second-order valence-corrected chi connectivity index (χ2v) is 3.92. The number of rotatable bonds is 5. The van der Waals surface area contributed by atoms with Crippen LogP contribution in [-0.2, 0) is 0 Å². The largest absolute Gasteiger partial charge is 0.388 e. The van der Waals surface area contributed by atoms with Crippen molar-refractivity contribution in [3.8, 4) is 0 Å². The Bertz CT molecular complexity index is 250. The van der Waals surface area contributed by atoms with Crippen molar-refractivity contribution in [1.82, 2.24) is 0 Å². The first kappa shape index (κ1) is 11.3. The second-order valence-electron chi connectivity index (χ2n) is 3.92. The Morgan fingerprint density at radius 3 is 2.36 bits per heavy atom. The zero-order valence-electron chi connectivity index (χ0n) is 9.16. The number of unbranched alkanes of at least 4 members (excludes halogenated alkanes) is 2. The van der Waals surface area contributed by atoms with Gasteiger partial charge in [-0.15, -0.1) is 0 Å². The second kappa shape index (κ2) is 5.82. The van der Waals surface area contributed by atoms with Gasteiger partial charge in [-0.25, -0.2) is 0 Å². The molecule has 0 heterocycles. The fourth-order valence-corrected chi connectivity index (χ4v) is 1.54. The number of benzene rings is 1. The molecule has 0 amide bonds. The van der Waals surface area contributed by atoms with Crippen LogP contribution in [0.1, 0.15) is 49.8 Å². The molecule has 1 atom stereocenters. The molecule has 0 aromatic heterocycles. The van der Waals surface area contributed by atoms with Crippen molar-refractivity contribution < 1.29 is 5.11 Å². The molecule has 14 heavy (non-hydrogen) atoms. The molecular weight excluding hydrogens is 172 g/mol. The molecule has 1 aromatic rings. The fourth-order valence-electron chi connectivity index (χ4n) is 1.54. The van der Waals surface area contributed by atoms with Gasteiger partial charge in [-0.3, -0.25) is 0 Å². The van der Waals surface area contributed by atoms with Crippen molar-refractivity contribution >= 4 is 0 Å². The van der Waals surface area contributed by atoms with Crippen molar-refractivity contribution in [2.75, 3.05) is 0 Å². The van der Waals surface area contributed by atoms with Crippen LogP contribution in [0, 0.1) is 6.92 Å². The van der Waals surface area contributed by atoms with Crippen LogP contribution in [0.25, 0.3) is 0 Å². The van der Waals surface area contributed by atoms with E-state index in [1.807, 2.05) is 12.1 Å². The molecule has 1 heteroatoms. The predicted octanol–water partition coefficient (Wildman–Crippen LogP) is 3.61.